The lowest BCUT2D eigenvalue weighted by Gasteiger charge is -1.89. The molecule has 0 aromatic heterocycles. The monoisotopic (exact) mass is 199 g/mol. The normalized spacial score (nSPS) is 8.40. The van der Waals surface area contributed by atoms with Crippen molar-refractivity contribution in [3.05, 3.63) is 0 Å². The smallest absolute Gasteiger partial charge is 0.00167 e. The van der Waals surface area contributed by atoms with Crippen LogP contribution in [0.5, 0.6) is 0 Å². The zero-order valence-corrected chi connectivity index (χ0v) is 9.59. The zero-order valence-electron chi connectivity index (χ0n) is 7.14. The molecule has 0 aliphatic heterocycles. The molecule has 0 atom stereocenters. The van der Waals surface area contributed by atoms with E-state index in [9.17, 15) is 0 Å². The number of rotatable bonds is 4. The van der Waals surface area contributed by atoms with Gasteiger partial charge in [-0.2, -0.15) is 0 Å². The van der Waals surface area contributed by atoms with E-state index < -0.39 is 0 Å². The molecule has 0 heterocycles. The minimum absolute atomic E-state index is 1.22. The van der Waals surface area contributed by atoms with Crippen molar-refractivity contribution < 1.29 is 0 Å². The van der Waals surface area contributed by atoms with E-state index in [2.05, 4.69) is 19.2 Å². The van der Waals surface area contributed by atoms with Crippen LogP contribution < -0.4 is 5.32 Å². The standard InChI is InChI=1S/C4H10S3.C2H7N/c1-3-5-7-6-4-2;1-3-2/h3-4H2,1-2H3;3H,1-2H3. The first-order valence-electron chi connectivity index (χ1n) is 3.32. The number of nitrogens with one attached hydrogen (secondary N) is 1. The summed E-state index contributed by atoms with van der Waals surface area (Å²) in [5, 5.41) is 2.75. The molecule has 0 amide bonds. The summed E-state index contributed by atoms with van der Waals surface area (Å²) < 4.78 is 0. The molecule has 0 rings (SSSR count). The molecule has 0 spiro atoms. The van der Waals surface area contributed by atoms with Crippen LogP contribution in [-0.4, -0.2) is 25.6 Å². The molecule has 0 bridgehead atoms. The van der Waals surface area contributed by atoms with Gasteiger partial charge in [-0.15, -0.1) is 0 Å². The van der Waals surface area contributed by atoms with Crippen molar-refractivity contribution in [3.8, 4) is 0 Å². The van der Waals surface area contributed by atoms with Gasteiger partial charge in [-0.25, -0.2) is 0 Å². The van der Waals surface area contributed by atoms with Gasteiger partial charge >= 0.3 is 0 Å². The Morgan fingerprint density at radius 1 is 1.00 bits per heavy atom. The molecule has 0 radical (unpaired) electrons. The summed E-state index contributed by atoms with van der Waals surface area (Å²) in [5.41, 5.74) is 0. The summed E-state index contributed by atoms with van der Waals surface area (Å²) in [6, 6.07) is 0. The molecule has 0 unspecified atom stereocenters. The highest BCUT2D eigenvalue weighted by molar-refractivity contribution is 9.09. The lowest BCUT2D eigenvalue weighted by atomic mass is 11.0. The maximum absolute atomic E-state index is 2.75. The van der Waals surface area contributed by atoms with Gasteiger partial charge in [0, 0.05) is 11.5 Å². The highest BCUT2D eigenvalue weighted by atomic mass is 33.5. The predicted octanol–water partition coefficient (Wildman–Crippen LogP) is 2.89. The van der Waals surface area contributed by atoms with Crippen molar-refractivity contribution in [2.75, 3.05) is 25.6 Å². The average molecular weight is 199 g/mol. The quantitative estimate of drug-likeness (QED) is 0.551. The molecule has 0 aliphatic carbocycles. The summed E-state index contributed by atoms with van der Waals surface area (Å²) in [7, 11) is 9.46. The van der Waals surface area contributed by atoms with Gasteiger partial charge in [-0.3, -0.25) is 0 Å². The van der Waals surface area contributed by atoms with Crippen molar-refractivity contribution in [1.82, 2.24) is 5.32 Å². The Labute approximate surface area is 76.3 Å². The van der Waals surface area contributed by atoms with Crippen LogP contribution in [0.15, 0.2) is 0 Å². The minimum atomic E-state index is 1.22. The molecule has 0 saturated carbocycles. The number of hydrogen-bond donors (Lipinski definition) is 1. The first kappa shape index (κ1) is 13.6. The molecular formula is C6H17NS3. The first-order chi connectivity index (χ1) is 4.83. The fourth-order valence-corrected chi connectivity index (χ4v) is 3.52. The van der Waals surface area contributed by atoms with Crippen LogP contribution in [0.3, 0.4) is 0 Å². The van der Waals surface area contributed by atoms with Gasteiger partial charge < -0.3 is 5.32 Å². The van der Waals surface area contributed by atoms with Crippen molar-refractivity contribution in [1.29, 1.82) is 0 Å². The van der Waals surface area contributed by atoms with E-state index in [-0.39, 0.29) is 0 Å². The maximum Gasteiger partial charge on any atom is 0.00167 e. The molecule has 4 heteroatoms. The van der Waals surface area contributed by atoms with E-state index in [1.807, 2.05) is 45.5 Å². The fraction of sp³-hybridized carbons (Fsp3) is 1.00. The Morgan fingerprint density at radius 2 is 1.30 bits per heavy atom. The molecule has 0 fully saturated rings. The van der Waals surface area contributed by atoms with E-state index in [4.69, 9.17) is 0 Å². The third-order valence-corrected chi connectivity index (χ3v) is 4.72. The van der Waals surface area contributed by atoms with Gasteiger partial charge in [0.15, 0.2) is 0 Å². The highest BCUT2D eigenvalue weighted by Gasteiger charge is 1.81. The van der Waals surface area contributed by atoms with Gasteiger partial charge in [0.1, 0.15) is 0 Å². The fourth-order valence-electron chi connectivity index (χ4n) is 0.130. The van der Waals surface area contributed by atoms with Crippen molar-refractivity contribution in [2.45, 2.75) is 13.8 Å². The van der Waals surface area contributed by atoms with Crippen LogP contribution in [0.1, 0.15) is 13.8 Å². The molecule has 1 N–H and O–H groups in total. The Bertz CT molecular complexity index is 40.0. The molecule has 0 aromatic rings. The Kier molecular flexibility index (Phi) is 22.5. The van der Waals surface area contributed by atoms with E-state index in [1.54, 1.807) is 0 Å². The van der Waals surface area contributed by atoms with Crippen molar-refractivity contribution >= 4 is 31.4 Å². The summed E-state index contributed by atoms with van der Waals surface area (Å²) in [4.78, 5) is 0. The van der Waals surface area contributed by atoms with Gasteiger partial charge in [-0.05, 0) is 23.9 Å². The van der Waals surface area contributed by atoms with E-state index in [0.717, 1.165) is 0 Å². The van der Waals surface area contributed by atoms with E-state index >= 15 is 0 Å². The van der Waals surface area contributed by atoms with Gasteiger partial charge in [-0.1, -0.05) is 35.4 Å². The molecule has 0 aliphatic rings. The summed E-state index contributed by atoms with van der Waals surface area (Å²) in [6.07, 6.45) is 0. The second-order valence-electron chi connectivity index (χ2n) is 1.38. The van der Waals surface area contributed by atoms with Gasteiger partial charge in [0.25, 0.3) is 0 Å². The minimum Gasteiger partial charge on any atom is -0.323 e. The van der Waals surface area contributed by atoms with Crippen LogP contribution in [0.2, 0.25) is 0 Å². The molecule has 1 nitrogen and oxygen atoms in total. The zero-order chi connectivity index (χ0) is 8.24. The van der Waals surface area contributed by atoms with Gasteiger partial charge in [0.2, 0.25) is 0 Å². The third-order valence-electron chi connectivity index (χ3n) is 0.332. The summed E-state index contributed by atoms with van der Waals surface area (Å²) >= 11 is 0. The second kappa shape index (κ2) is 16.5. The lowest BCUT2D eigenvalue weighted by Crippen LogP contribution is -1.89. The van der Waals surface area contributed by atoms with E-state index in [1.165, 1.54) is 11.5 Å². The molecule has 0 aromatic carbocycles. The molecule has 64 valence electrons. The largest absolute Gasteiger partial charge is 0.323 e. The third kappa shape index (κ3) is 23.0. The molecular weight excluding hydrogens is 182 g/mol. The van der Waals surface area contributed by atoms with E-state index in [0.29, 0.717) is 0 Å². The van der Waals surface area contributed by atoms with Crippen LogP contribution in [0.25, 0.3) is 0 Å². The Hall–Kier alpha value is 1.01. The topological polar surface area (TPSA) is 12.0 Å². The highest BCUT2D eigenvalue weighted by Crippen LogP contribution is 2.33. The lowest BCUT2D eigenvalue weighted by molar-refractivity contribution is 1.02. The summed E-state index contributed by atoms with van der Waals surface area (Å²) in [6.45, 7) is 4.35. The molecule has 0 saturated heterocycles. The SMILES string of the molecule is CCSSSCC.CNC. The first-order valence-corrected chi connectivity index (χ1v) is 7.15. The Morgan fingerprint density at radius 3 is 1.50 bits per heavy atom. The number of hydrogen-bond acceptors (Lipinski definition) is 4. The van der Waals surface area contributed by atoms with Crippen LogP contribution in [0, 0.1) is 0 Å². The second-order valence-corrected chi connectivity index (χ2v) is 6.19. The Balaban J connectivity index is 0. The van der Waals surface area contributed by atoms with Gasteiger partial charge in [0.05, 0.1) is 0 Å². The predicted molar refractivity (Wildman–Crippen MR) is 58.8 cm³/mol. The average Bonchev–Trinajstić information content (AvgIpc) is 1.91. The maximum atomic E-state index is 2.75. The van der Waals surface area contributed by atoms with Crippen LogP contribution in [0.4, 0.5) is 0 Å². The van der Waals surface area contributed by atoms with Crippen molar-refractivity contribution in [3.63, 3.8) is 0 Å². The van der Waals surface area contributed by atoms with Crippen LogP contribution >= 0.6 is 31.4 Å². The van der Waals surface area contributed by atoms with Crippen LogP contribution in [-0.2, 0) is 0 Å². The van der Waals surface area contributed by atoms with Crippen molar-refractivity contribution in [2.24, 2.45) is 0 Å². The molecule has 10 heavy (non-hydrogen) atoms. The summed E-state index contributed by atoms with van der Waals surface area (Å²) in [5.74, 6) is 2.44.